The van der Waals surface area contributed by atoms with Crippen LogP contribution in [0.5, 0.6) is 0 Å². The third-order valence-electron chi connectivity index (χ3n) is 3.74. The van der Waals surface area contributed by atoms with Crippen molar-refractivity contribution in [1.29, 1.82) is 0 Å². The Morgan fingerprint density at radius 1 is 1.14 bits per heavy atom. The number of carbonyl (C=O) groups excluding carboxylic acids is 1. The summed E-state index contributed by atoms with van der Waals surface area (Å²) in [7, 11) is 2.18. The second kappa shape index (κ2) is 3.89. The summed E-state index contributed by atoms with van der Waals surface area (Å²) in [6, 6.07) is 0. The summed E-state index contributed by atoms with van der Waals surface area (Å²) in [4.78, 5) is 15.5. The zero-order chi connectivity index (χ0) is 10.1. The van der Waals surface area contributed by atoms with Crippen molar-refractivity contribution in [3.63, 3.8) is 0 Å². The van der Waals surface area contributed by atoms with Crippen LogP contribution < -0.4 is 0 Å². The molecule has 3 nitrogen and oxygen atoms in total. The van der Waals surface area contributed by atoms with Crippen molar-refractivity contribution in [1.82, 2.24) is 9.80 Å². The van der Waals surface area contributed by atoms with Crippen molar-refractivity contribution in [3.05, 3.63) is 0 Å². The van der Waals surface area contributed by atoms with Gasteiger partial charge in [-0.15, -0.1) is 0 Å². The number of likely N-dealkylation sites (tertiary alicyclic amines) is 2. The van der Waals surface area contributed by atoms with E-state index in [-0.39, 0.29) is 5.91 Å². The molecule has 0 spiro atoms. The van der Waals surface area contributed by atoms with E-state index in [0.717, 1.165) is 24.9 Å². The van der Waals surface area contributed by atoms with E-state index >= 15 is 0 Å². The van der Waals surface area contributed by atoms with Gasteiger partial charge in [-0.25, -0.2) is 0 Å². The topological polar surface area (TPSA) is 23.6 Å². The Morgan fingerprint density at radius 3 is 2.14 bits per heavy atom. The monoisotopic (exact) mass is 196 g/mol. The first-order valence-electron chi connectivity index (χ1n) is 5.61. The molecule has 0 radical (unpaired) electrons. The van der Waals surface area contributed by atoms with Crippen molar-refractivity contribution in [2.24, 2.45) is 11.8 Å². The first-order chi connectivity index (χ1) is 6.66. The molecule has 2 rings (SSSR count). The second-order valence-electron chi connectivity index (χ2n) is 4.82. The maximum atomic E-state index is 11.1. The van der Waals surface area contributed by atoms with Crippen LogP contribution in [0.3, 0.4) is 0 Å². The van der Waals surface area contributed by atoms with Gasteiger partial charge in [0.25, 0.3) is 0 Å². The molecule has 0 N–H and O–H groups in total. The lowest BCUT2D eigenvalue weighted by Gasteiger charge is -2.44. The standard InChI is InChI=1S/C11H20N2O/c1-9(14)13-5-3-10(4-6-13)11-7-12(2)8-11/h10-11H,3-8H2,1-2H3. The normalized spacial score (nSPS) is 26.3. The number of rotatable bonds is 1. The molecular formula is C11H20N2O. The van der Waals surface area contributed by atoms with Gasteiger partial charge in [0.15, 0.2) is 0 Å². The molecule has 1 amide bonds. The Balaban J connectivity index is 1.76. The van der Waals surface area contributed by atoms with E-state index in [1.54, 1.807) is 6.92 Å². The summed E-state index contributed by atoms with van der Waals surface area (Å²) in [6.07, 6.45) is 2.44. The van der Waals surface area contributed by atoms with Crippen LogP contribution in [0.1, 0.15) is 19.8 Å². The molecule has 0 aliphatic carbocycles. The average molecular weight is 196 g/mol. The summed E-state index contributed by atoms with van der Waals surface area (Å²) < 4.78 is 0. The van der Waals surface area contributed by atoms with Gasteiger partial charge >= 0.3 is 0 Å². The highest BCUT2D eigenvalue weighted by Gasteiger charge is 2.33. The van der Waals surface area contributed by atoms with Crippen LogP contribution in [-0.2, 0) is 4.79 Å². The van der Waals surface area contributed by atoms with Gasteiger partial charge in [0.2, 0.25) is 5.91 Å². The highest BCUT2D eigenvalue weighted by Crippen LogP contribution is 2.30. The van der Waals surface area contributed by atoms with Gasteiger partial charge in [-0.3, -0.25) is 4.79 Å². The van der Waals surface area contributed by atoms with Crippen molar-refractivity contribution in [2.75, 3.05) is 33.2 Å². The largest absolute Gasteiger partial charge is 0.343 e. The maximum absolute atomic E-state index is 11.1. The predicted octanol–water partition coefficient (Wildman–Crippen LogP) is 0.806. The molecule has 0 bridgehead atoms. The second-order valence-corrected chi connectivity index (χ2v) is 4.82. The number of hydrogen-bond donors (Lipinski definition) is 0. The molecule has 2 heterocycles. The van der Waals surface area contributed by atoms with E-state index in [1.165, 1.54) is 25.9 Å². The minimum Gasteiger partial charge on any atom is -0.343 e. The highest BCUT2D eigenvalue weighted by molar-refractivity contribution is 5.73. The van der Waals surface area contributed by atoms with Crippen LogP contribution in [0, 0.1) is 11.8 Å². The van der Waals surface area contributed by atoms with Crippen LogP contribution >= 0.6 is 0 Å². The van der Waals surface area contributed by atoms with Crippen molar-refractivity contribution >= 4 is 5.91 Å². The third kappa shape index (κ3) is 1.92. The third-order valence-corrected chi connectivity index (χ3v) is 3.74. The lowest BCUT2D eigenvalue weighted by molar-refractivity contribution is -0.130. The van der Waals surface area contributed by atoms with E-state index in [0.29, 0.717) is 0 Å². The Labute approximate surface area is 86.1 Å². The fourth-order valence-corrected chi connectivity index (χ4v) is 2.73. The molecule has 0 unspecified atom stereocenters. The maximum Gasteiger partial charge on any atom is 0.219 e. The van der Waals surface area contributed by atoms with Crippen LogP contribution in [-0.4, -0.2) is 48.9 Å². The average Bonchev–Trinajstić information content (AvgIpc) is 2.13. The van der Waals surface area contributed by atoms with Gasteiger partial charge in [-0.1, -0.05) is 0 Å². The number of carbonyl (C=O) groups is 1. The summed E-state index contributed by atoms with van der Waals surface area (Å²) in [5.41, 5.74) is 0. The van der Waals surface area contributed by atoms with E-state index < -0.39 is 0 Å². The van der Waals surface area contributed by atoms with Gasteiger partial charge in [-0.05, 0) is 31.7 Å². The molecule has 0 atom stereocenters. The smallest absolute Gasteiger partial charge is 0.219 e. The molecule has 14 heavy (non-hydrogen) atoms. The molecule has 0 aromatic heterocycles. The van der Waals surface area contributed by atoms with E-state index in [1.807, 2.05) is 4.90 Å². The summed E-state index contributed by atoms with van der Waals surface area (Å²) in [6.45, 7) is 6.19. The van der Waals surface area contributed by atoms with Gasteiger partial charge in [0.05, 0.1) is 0 Å². The molecule has 0 aromatic rings. The molecule has 80 valence electrons. The minimum absolute atomic E-state index is 0.245. The van der Waals surface area contributed by atoms with Crippen molar-refractivity contribution in [2.45, 2.75) is 19.8 Å². The zero-order valence-corrected chi connectivity index (χ0v) is 9.20. The number of piperidine rings is 1. The molecule has 3 heteroatoms. The van der Waals surface area contributed by atoms with Gasteiger partial charge < -0.3 is 9.80 Å². The van der Waals surface area contributed by atoms with E-state index in [9.17, 15) is 4.79 Å². The summed E-state index contributed by atoms with van der Waals surface area (Å²) in [5, 5.41) is 0. The quantitative estimate of drug-likeness (QED) is 0.619. The predicted molar refractivity (Wildman–Crippen MR) is 56.0 cm³/mol. The molecule has 0 aromatic carbocycles. The molecule has 2 aliphatic rings. The summed E-state index contributed by atoms with van der Waals surface area (Å²) >= 11 is 0. The fraction of sp³-hybridized carbons (Fsp3) is 0.909. The minimum atomic E-state index is 0.245. The van der Waals surface area contributed by atoms with Gasteiger partial charge in [-0.2, -0.15) is 0 Å². The molecule has 2 saturated heterocycles. The van der Waals surface area contributed by atoms with Crippen molar-refractivity contribution in [3.8, 4) is 0 Å². The van der Waals surface area contributed by atoms with E-state index in [4.69, 9.17) is 0 Å². The fourth-order valence-electron chi connectivity index (χ4n) is 2.73. The molecule has 2 aliphatic heterocycles. The number of nitrogens with zero attached hydrogens (tertiary/aromatic N) is 2. The van der Waals surface area contributed by atoms with Gasteiger partial charge in [0, 0.05) is 33.1 Å². The lowest BCUT2D eigenvalue weighted by Crippen LogP contribution is -2.50. The molecule has 2 fully saturated rings. The summed E-state index contributed by atoms with van der Waals surface area (Å²) in [5.74, 6) is 2.03. The number of hydrogen-bond acceptors (Lipinski definition) is 2. The number of amides is 1. The Hall–Kier alpha value is -0.570. The highest BCUT2D eigenvalue weighted by atomic mass is 16.2. The van der Waals surface area contributed by atoms with Crippen LogP contribution in [0.25, 0.3) is 0 Å². The lowest BCUT2D eigenvalue weighted by atomic mass is 9.80. The van der Waals surface area contributed by atoms with Crippen LogP contribution in [0.2, 0.25) is 0 Å². The van der Waals surface area contributed by atoms with E-state index in [2.05, 4.69) is 11.9 Å². The first kappa shape index (κ1) is 9.97. The molecule has 0 saturated carbocycles. The van der Waals surface area contributed by atoms with Crippen molar-refractivity contribution < 1.29 is 4.79 Å². The SMILES string of the molecule is CC(=O)N1CCC(C2CN(C)C2)CC1. The van der Waals surface area contributed by atoms with Crippen LogP contribution in [0.4, 0.5) is 0 Å². The Kier molecular flexibility index (Phi) is 2.77. The Morgan fingerprint density at radius 2 is 1.71 bits per heavy atom. The molecular weight excluding hydrogens is 176 g/mol. The van der Waals surface area contributed by atoms with Gasteiger partial charge in [0.1, 0.15) is 0 Å². The Bertz CT molecular complexity index is 215. The first-order valence-corrected chi connectivity index (χ1v) is 5.61. The van der Waals surface area contributed by atoms with Crippen LogP contribution in [0.15, 0.2) is 0 Å². The zero-order valence-electron chi connectivity index (χ0n) is 9.20.